The van der Waals surface area contributed by atoms with Crippen LogP contribution in [0.2, 0.25) is 0 Å². The second kappa shape index (κ2) is 20.5. The third kappa shape index (κ3) is 12.6. The Morgan fingerprint density at radius 3 is 1.71 bits per heavy atom. The summed E-state index contributed by atoms with van der Waals surface area (Å²) in [5.41, 5.74) is 4.38. The Balaban J connectivity index is 1.60. The standard InChI is InChI=1S/C39H61N2/c1-4-6-8-9-10-11-12-13-14-15-16-17-25-31-41-38(32-35(3)37-28-22-19-23-29-37)34-40(30-24-7-5-2)39(41)33-36-26-20-18-21-27-36/h18-23,26-29,34-35H,4-17,24-25,30-33H2,1-3H3/q+1. The number of imidazole rings is 1. The van der Waals surface area contributed by atoms with E-state index in [1.807, 2.05) is 0 Å². The zero-order valence-electron chi connectivity index (χ0n) is 27.0. The number of benzene rings is 2. The van der Waals surface area contributed by atoms with Crippen molar-refractivity contribution >= 4 is 0 Å². The number of nitrogens with zero attached hydrogens (tertiary/aromatic N) is 2. The molecule has 0 saturated carbocycles. The molecule has 0 amide bonds. The Kier molecular flexibility index (Phi) is 16.6. The minimum atomic E-state index is 0.519. The molecule has 3 aromatic rings. The van der Waals surface area contributed by atoms with Crippen LogP contribution in [0.1, 0.15) is 152 Å². The van der Waals surface area contributed by atoms with Crippen LogP contribution in [0.3, 0.4) is 0 Å². The van der Waals surface area contributed by atoms with E-state index in [4.69, 9.17) is 0 Å². The molecule has 0 aliphatic carbocycles. The highest BCUT2D eigenvalue weighted by molar-refractivity contribution is 5.22. The Morgan fingerprint density at radius 2 is 1.12 bits per heavy atom. The molecule has 2 heteroatoms. The lowest BCUT2D eigenvalue weighted by atomic mass is 9.96. The first-order valence-corrected chi connectivity index (χ1v) is 17.4. The van der Waals surface area contributed by atoms with E-state index in [0.717, 1.165) is 25.9 Å². The smallest absolute Gasteiger partial charge is 0.234 e. The van der Waals surface area contributed by atoms with Gasteiger partial charge in [-0.05, 0) is 42.7 Å². The van der Waals surface area contributed by atoms with Gasteiger partial charge in [-0.25, -0.2) is 9.13 Å². The Labute approximate surface area is 253 Å². The highest BCUT2D eigenvalue weighted by Crippen LogP contribution is 2.23. The Morgan fingerprint density at radius 1 is 0.610 bits per heavy atom. The third-order valence-electron chi connectivity index (χ3n) is 8.87. The van der Waals surface area contributed by atoms with Crippen LogP contribution < -0.4 is 4.57 Å². The van der Waals surface area contributed by atoms with Gasteiger partial charge in [0.2, 0.25) is 0 Å². The van der Waals surface area contributed by atoms with Gasteiger partial charge in [0.1, 0.15) is 11.9 Å². The molecule has 226 valence electrons. The van der Waals surface area contributed by atoms with Crippen molar-refractivity contribution in [2.45, 2.75) is 155 Å². The van der Waals surface area contributed by atoms with Crippen molar-refractivity contribution in [1.29, 1.82) is 0 Å². The van der Waals surface area contributed by atoms with Crippen LogP contribution in [0, 0.1) is 0 Å². The molecule has 3 rings (SSSR count). The van der Waals surface area contributed by atoms with Crippen molar-refractivity contribution in [3.63, 3.8) is 0 Å². The lowest BCUT2D eigenvalue weighted by Gasteiger charge is -2.12. The van der Waals surface area contributed by atoms with Crippen LogP contribution in [0.4, 0.5) is 0 Å². The van der Waals surface area contributed by atoms with Gasteiger partial charge in [-0.1, -0.05) is 158 Å². The third-order valence-corrected chi connectivity index (χ3v) is 8.87. The summed E-state index contributed by atoms with van der Waals surface area (Å²) in [6.45, 7) is 9.29. The molecule has 0 radical (unpaired) electrons. The number of hydrogen-bond acceptors (Lipinski definition) is 0. The van der Waals surface area contributed by atoms with E-state index in [0.29, 0.717) is 5.92 Å². The van der Waals surface area contributed by atoms with E-state index in [1.165, 1.54) is 125 Å². The largest absolute Gasteiger partial charge is 0.261 e. The molecule has 0 fully saturated rings. The molecular weight excluding hydrogens is 496 g/mol. The van der Waals surface area contributed by atoms with Crippen molar-refractivity contribution in [1.82, 2.24) is 4.57 Å². The lowest BCUT2D eigenvalue weighted by Crippen LogP contribution is -2.37. The number of aryl methyl sites for hydroxylation is 1. The van der Waals surface area contributed by atoms with Crippen LogP contribution in [-0.2, 0) is 25.9 Å². The van der Waals surface area contributed by atoms with Crippen molar-refractivity contribution in [3.05, 3.63) is 89.5 Å². The van der Waals surface area contributed by atoms with Gasteiger partial charge >= 0.3 is 0 Å². The van der Waals surface area contributed by atoms with Gasteiger partial charge in [0.05, 0.1) is 19.5 Å². The van der Waals surface area contributed by atoms with Gasteiger partial charge in [-0.2, -0.15) is 0 Å². The van der Waals surface area contributed by atoms with Gasteiger partial charge in [0.25, 0.3) is 5.82 Å². The summed E-state index contributed by atoms with van der Waals surface area (Å²) in [6, 6.07) is 22.2. The fourth-order valence-corrected chi connectivity index (χ4v) is 6.28. The molecule has 0 bridgehead atoms. The first kappa shape index (κ1) is 33.2. The van der Waals surface area contributed by atoms with Crippen LogP contribution in [0.5, 0.6) is 0 Å². The van der Waals surface area contributed by atoms with Gasteiger partial charge in [-0.15, -0.1) is 0 Å². The molecule has 0 spiro atoms. The fraction of sp³-hybridized carbons (Fsp3) is 0.615. The summed E-state index contributed by atoms with van der Waals surface area (Å²) in [5, 5.41) is 0. The number of rotatable bonds is 23. The van der Waals surface area contributed by atoms with Gasteiger partial charge in [0, 0.05) is 6.42 Å². The normalized spacial score (nSPS) is 12.2. The van der Waals surface area contributed by atoms with E-state index >= 15 is 0 Å². The highest BCUT2D eigenvalue weighted by Gasteiger charge is 2.25. The fourth-order valence-electron chi connectivity index (χ4n) is 6.28. The van der Waals surface area contributed by atoms with E-state index in [-0.39, 0.29) is 0 Å². The van der Waals surface area contributed by atoms with Crippen molar-refractivity contribution < 1.29 is 4.57 Å². The van der Waals surface area contributed by atoms with Crippen LogP contribution >= 0.6 is 0 Å². The Hall–Kier alpha value is -2.35. The molecule has 1 unspecified atom stereocenters. The number of unbranched alkanes of at least 4 members (excludes halogenated alkanes) is 14. The lowest BCUT2D eigenvalue weighted by molar-refractivity contribution is -0.704. The van der Waals surface area contributed by atoms with E-state index < -0.39 is 0 Å². The zero-order chi connectivity index (χ0) is 29.0. The van der Waals surface area contributed by atoms with Crippen molar-refractivity contribution in [2.24, 2.45) is 0 Å². The minimum absolute atomic E-state index is 0.519. The molecule has 0 saturated heterocycles. The predicted molar refractivity (Wildman–Crippen MR) is 178 cm³/mol. The average molecular weight is 558 g/mol. The summed E-state index contributed by atoms with van der Waals surface area (Å²) in [6.07, 6.45) is 26.8. The quantitative estimate of drug-likeness (QED) is 0.0810. The topological polar surface area (TPSA) is 8.81 Å². The second-order valence-electron chi connectivity index (χ2n) is 12.5. The monoisotopic (exact) mass is 557 g/mol. The van der Waals surface area contributed by atoms with E-state index in [2.05, 4.69) is 96.8 Å². The van der Waals surface area contributed by atoms with Gasteiger partial charge < -0.3 is 0 Å². The molecule has 2 nitrogen and oxygen atoms in total. The predicted octanol–water partition coefficient (Wildman–Crippen LogP) is 11.0. The SMILES string of the molecule is CCCCCCCCCCCCCCCn1c(CC(C)c2ccccc2)c[n+](CCCCC)c1Cc1ccccc1. The average Bonchev–Trinajstić information content (AvgIpc) is 3.31. The van der Waals surface area contributed by atoms with Crippen LogP contribution in [0.15, 0.2) is 66.9 Å². The highest BCUT2D eigenvalue weighted by atomic mass is 15.2. The first-order chi connectivity index (χ1) is 20.2. The van der Waals surface area contributed by atoms with Crippen LogP contribution in [0.25, 0.3) is 0 Å². The van der Waals surface area contributed by atoms with E-state index in [9.17, 15) is 0 Å². The second-order valence-corrected chi connectivity index (χ2v) is 12.5. The zero-order valence-corrected chi connectivity index (χ0v) is 27.0. The first-order valence-electron chi connectivity index (χ1n) is 17.4. The molecule has 0 aliphatic heterocycles. The summed E-state index contributed by atoms with van der Waals surface area (Å²) in [5.74, 6) is 2.02. The molecule has 1 heterocycles. The number of aromatic nitrogens is 2. The summed E-state index contributed by atoms with van der Waals surface area (Å²) in [7, 11) is 0. The maximum Gasteiger partial charge on any atom is 0.261 e. The maximum absolute atomic E-state index is 2.72. The molecular formula is C39H61N2+. The molecule has 0 aliphatic rings. The number of hydrogen-bond donors (Lipinski definition) is 0. The molecule has 1 atom stereocenters. The van der Waals surface area contributed by atoms with Crippen molar-refractivity contribution in [3.8, 4) is 0 Å². The minimum Gasteiger partial charge on any atom is -0.234 e. The van der Waals surface area contributed by atoms with Crippen molar-refractivity contribution in [2.75, 3.05) is 0 Å². The summed E-state index contributed by atoms with van der Waals surface area (Å²) < 4.78 is 5.33. The summed E-state index contributed by atoms with van der Waals surface area (Å²) >= 11 is 0. The van der Waals surface area contributed by atoms with Crippen LogP contribution in [-0.4, -0.2) is 4.57 Å². The van der Waals surface area contributed by atoms with Gasteiger partial charge in [0.15, 0.2) is 0 Å². The molecule has 0 N–H and O–H groups in total. The molecule has 2 aromatic carbocycles. The molecule has 1 aromatic heterocycles. The maximum atomic E-state index is 2.72. The van der Waals surface area contributed by atoms with E-state index in [1.54, 1.807) is 0 Å². The Bertz CT molecular complexity index is 1040. The van der Waals surface area contributed by atoms with Gasteiger partial charge in [-0.3, -0.25) is 0 Å². The molecule has 41 heavy (non-hydrogen) atoms. The summed E-state index contributed by atoms with van der Waals surface area (Å²) in [4.78, 5) is 0.